The maximum absolute atomic E-state index is 13.6. The van der Waals surface area contributed by atoms with Gasteiger partial charge in [-0.05, 0) is 60.2 Å². The molecule has 0 spiro atoms. The molecule has 0 aliphatic carbocycles. The van der Waals surface area contributed by atoms with Crippen LogP contribution in [-0.4, -0.2) is 30.7 Å². The van der Waals surface area contributed by atoms with Crippen LogP contribution in [0.4, 0.5) is 5.69 Å². The van der Waals surface area contributed by atoms with E-state index in [0.29, 0.717) is 30.1 Å². The Morgan fingerprint density at radius 1 is 1.00 bits per heavy atom. The molecule has 0 unspecified atom stereocenters. The summed E-state index contributed by atoms with van der Waals surface area (Å²) in [6.07, 6.45) is 2.07. The van der Waals surface area contributed by atoms with Crippen LogP contribution < -0.4 is 15.0 Å². The van der Waals surface area contributed by atoms with Crippen molar-refractivity contribution in [3.63, 3.8) is 0 Å². The first kappa shape index (κ1) is 26.1. The maximum Gasteiger partial charge on any atom is 0.264 e. The van der Waals surface area contributed by atoms with E-state index in [9.17, 15) is 14.9 Å². The van der Waals surface area contributed by atoms with Gasteiger partial charge in [-0.2, -0.15) is 5.26 Å². The van der Waals surface area contributed by atoms with Crippen molar-refractivity contribution in [2.24, 2.45) is 0 Å². The van der Waals surface area contributed by atoms with Gasteiger partial charge in [0.25, 0.3) is 5.91 Å². The van der Waals surface area contributed by atoms with Crippen molar-refractivity contribution in [1.82, 2.24) is 5.32 Å². The lowest BCUT2D eigenvalue weighted by molar-refractivity contribution is -0.117. The molecule has 0 saturated carbocycles. The molecule has 0 bridgehead atoms. The number of nitrogens with one attached hydrogen (secondary N) is 1. The van der Waals surface area contributed by atoms with E-state index in [1.807, 2.05) is 66.7 Å². The van der Waals surface area contributed by atoms with E-state index in [0.717, 1.165) is 23.3 Å². The smallest absolute Gasteiger partial charge is 0.264 e. The summed E-state index contributed by atoms with van der Waals surface area (Å²) in [5.41, 5.74) is 3.90. The van der Waals surface area contributed by atoms with Crippen LogP contribution in [0.2, 0.25) is 0 Å². The lowest BCUT2D eigenvalue weighted by atomic mass is 10.1. The predicted molar refractivity (Wildman–Crippen MR) is 147 cm³/mol. The Kier molecular flexibility index (Phi) is 8.65. The van der Waals surface area contributed by atoms with Gasteiger partial charge in [-0.1, -0.05) is 73.3 Å². The third-order valence-electron chi connectivity index (χ3n) is 6.23. The molecule has 37 heavy (non-hydrogen) atoms. The molecule has 0 aromatic heterocycles. The molecule has 3 aromatic carbocycles. The van der Waals surface area contributed by atoms with Gasteiger partial charge in [0.2, 0.25) is 5.91 Å². The highest BCUT2D eigenvalue weighted by Crippen LogP contribution is 2.41. The quantitative estimate of drug-likeness (QED) is 0.321. The minimum absolute atomic E-state index is 0.0548. The number of hydrogen-bond donors (Lipinski definition) is 1. The molecule has 1 aliphatic rings. The third-order valence-corrected chi connectivity index (χ3v) is 7.49. The SMILES string of the molecule is CCc1ccc(C[C@@H]2S/C(=C(\C#N)C(=O)NCCc3ccc(OC)cc3)N(c3ccccc3)C2=O)cc1. The number of nitriles is 1. The van der Waals surface area contributed by atoms with Crippen molar-refractivity contribution in [3.05, 3.63) is 106 Å². The second kappa shape index (κ2) is 12.3. The van der Waals surface area contributed by atoms with Gasteiger partial charge in [0.1, 0.15) is 22.4 Å². The molecule has 0 radical (unpaired) electrons. The van der Waals surface area contributed by atoms with Crippen LogP contribution in [0.5, 0.6) is 5.75 Å². The number of hydrogen-bond acceptors (Lipinski definition) is 5. The number of carbonyl (C=O) groups excluding carboxylic acids is 2. The highest BCUT2D eigenvalue weighted by atomic mass is 32.2. The summed E-state index contributed by atoms with van der Waals surface area (Å²) in [7, 11) is 1.61. The number of ether oxygens (including phenoxy) is 1. The average Bonchev–Trinajstić information content (AvgIpc) is 3.25. The summed E-state index contributed by atoms with van der Waals surface area (Å²) in [6, 6.07) is 27.1. The van der Waals surface area contributed by atoms with Crippen LogP contribution in [0.15, 0.2) is 89.5 Å². The first-order chi connectivity index (χ1) is 18.0. The van der Waals surface area contributed by atoms with Crippen LogP contribution in [0, 0.1) is 11.3 Å². The van der Waals surface area contributed by atoms with Crippen molar-refractivity contribution in [3.8, 4) is 11.8 Å². The summed E-state index contributed by atoms with van der Waals surface area (Å²) in [4.78, 5) is 28.2. The number of nitrogens with zero attached hydrogens (tertiary/aromatic N) is 2. The van der Waals surface area contributed by atoms with Gasteiger partial charge in [0.05, 0.1) is 12.4 Å². The predicted octanol–water partition coefficient (Wildman–Crippen LogP) is 5.04. The van der Waals surface area contributed by atoms with Gasteiger partial charge < -0.3 is 10.1 Å². The van der Waals surface area contributed by atoms with Gasteiger partial charge in [-0.15, -0.1) is 0 Å². The molecule has 1 fully saturated rings. The fraction of sp³-hybridized carbons (Fsp3) is 0.233. The third kappa shape index (κ3) is 6.22. The van der Waals surface area contributed by atoms with E-state index in [1.54, 1.807) is 7.11 Å². The Morgan fingerprint density at radius 2 is 1.65 bits per heavy atom. The Balaban J connectivity index is 1.55. The van der Waals surface area contributed by atoms with E-state index in [1.165, 1.54) is 22.2 Å². The average molecular weight is 512 g/mol. The first-order valence-corrected chi connectivity index (χ1v) is 13.1. The molecular weight excluding hydrogens is 482 g/mol. The van der Waals surface area contributed by atoms with Crippen LogP contribution in [0.1, 0.15) is 23.6 Å². The van der Waals surface area contributed by atoms with E-state index in [2.05, 4.69) is 30.4 Å². The number of amides is 2. The zero-order valence-electron chi connectivity index (χ0n) is 20.9. The normalized spacial score (nSPS) is 16.3. The molecule has 3 aromatic rings. The molecule has 6 nitrogen and oxygen atoms in total. The zero-order chi connectivity index (χ0) is 26.2. The second-order valence-electron chi connectivity index (χ2n) is 8.64. The van der Waals surface area contributed by atoms with E-state index < -0.39 is 11.2 Å². The van der Waals surface area contributed by atoms with Gasteiger partial charge >= 0.3 is 0 Å². The number of para-hydroxylation sites is 1. The van der Waals surface area contributed by atoms with Crippen LogP contribution in [0.3, 0.4) is 0 Å². The summed E-state index contributed by atoms with van der Waals surface area (Å²) >= 11 is 1.28. The molecule has 1 atom stereocenters. The van der Waals surface area contributed by atoms with Crippen molar-refractivity contribution >= 4 is 29.3 Å². The van der Waals surface area contributed by atoms with Crippen molar-refractivity contribution in [2.45, 2.75) is 31.4 Å². The standard InChI is InChI=1S/C30H29N3O3S/c1-3-21-9-11-23(12-10-21)19-27-29(35)33(24-7-5-4-6-8-24)30(37-27)26(20-31)28(34)32-18-17-22-13-15-25(36-2)16-14-22/h4-16,27H,3,17-19H2,1-2H3,(H,32,34)/b30-26+/t27-/m0/s1. The topological polar surface area (TPSA) is 82.4 Å². The molecule has 1 saturated heterocycles. The highest BCUT2D eigenvalue weighted by Gasteiger charge is 2.40. The number of aryl methyl sites for hydroxylation is 1. The first-order valence-electron chi connectivity index (χ1n) is 12.2. The van der Waals surface area contributed by atoms with Crippen molar-refractivity contribution in [2.75, 3.05) is 18.6 Å². The fourth-order valence-corrected chi connectivity index (χ4v) is 5.43. The monoisotopic (exact) mass is 511 g/mol. The molecular formula is C30H29N3O3S. The molecule has 7 heteroatoms. The number of anilines is 1. The lowest BCUT2D eigenvalue weighted by Crippen LogP contribution is -2.32. The molecule has 1 N–H and O–H groups in total. The summed E-state index contributed by atoms with van der Waals surface area (Å²) in [5.74, 6) is 0.147. The number of thioether (sulfide) groups is 1. The Hall–Kier alpha value is -4.02. The van der Waals surface area contributed by atoms with Crippen molar-refractivity contribution in [1.29, 1.82) is 5.26 Å². The van der Waals surface area contributed by atoms with E-state index >= 15 is 0 Å². The number of rotatable bonds is 9. The maximum atomic E-state index is 13.6. The molecule has 4 rings (SSSR count). The number of benzene rings is 3. The molecule has 188 valence electrons. The minimum atomic E-state index is -0.486. The fourth-order valence-electron chi connectivity index (χ4n) is 4.13. The summed E-state index contributed by atoms with van der Waals surface area (Å²) < 4.78 is 5.18. The minimum Gasteiger partial charge on any atom is -0.497 e. The molecule has 2 amide bonds. The summed E-state index contributed by atoms with van der Waals surface area (Å²) in [5, 5.41) is 12.8. The Bertz CT molecular complexity index is 1310. The van der Waals surface area contributed by atoms with Crippen LogP contribution >= 0.6 is 11.8 Å². The van der Waals surface area contributed by atoms with Gasteiger partial charge in [-0.25, -0.2) is 0 Å². The van der Waals surface area contributed by atoms with Crippen molar-refractivity contribution < 1.29 is 14.3 Å². The van der Waals surface area contributed by atoms with Crippen LogP contribution in [0.25, 0.3) is 0 Å². The zero-order valence-corrected chi connectivity index (χ0v) is 21.8. The molecule has 1 aliphatic heterocycles. The lowest BCUT2D eigenvalue weighted by Gasteiger charge is -2.18. The number of carbonyl (C=O) groups is 2. The molecule has 1 heterocycles. The van der Waals surface area contributed by atoms with Crippen LogP contribution in [-0.2, 0) is 28.9 Å². The van der Waals surface area contributed by atoms with Gasteiger partial charge in [-0.3, -0.25) is 14.5 Å². The van der Waals surface area contributed by atoms with E-state index in [-0.39, 0.29) is 11.5 Å². The Morgan fingerprint density at radius 3 is 2.27 bits per heavy atom. The van der Waals surface area contributed by atoms with Gasteiger partial charge in [0.15, 0.2) is 0 Å². The number of methoxy groups -OCH3 is 1. The van der Waals surface area contributed by atoms with E-state index in [4.69, 9.17) is 4.74 Å². The second-order valence-corrected chi connectivity index (χ2v) is 9.83. The van der Waals surface area contributed by atoms with Gasteiger partial charge in [0, 0.05) is 12.2 Å². The largest absolute Gasteiger partial charge is 0.497 e. The highest BCUT2D eigenvalue weighted by molar-refractivity contribution is 8.05. The summed E-state index contributed by atoms with van der Waals surface area (Å²) in [6.45, 7) is 2.46. The Labute approximate surface area is 221 Å².